The summed E-state index contributed by atoms with van der Waals surface area (Å²) in [7, 11) is 3.75. The summed E-state index contributed by atoms with van der Waals surface area (Å²) in [4.78, 5) is 4.27. The number of benzene rings is 3. The summed E-state index contributed by atoms with van der Waals surface area (Å²) in [5, 5.41) is 0. The Morgan fingerprint density at radius 3 is 1.72 bits per heavy atom. The van der Waals surface area contributed by atoms with Gasteiger partial charge in [0.1, 0.15) is 13.7 Å². The fourth-order valence-electron chi connectivity index (χ4n) is 3.87. The Balaban J connectivity index is 0.000000233. The second kappa shape index (κ2) is 11.5. The number of nitrogens with zero attached hydrogens (tertiary/aromatic N) is 2. The van der Waals surface area contributed by atoms with Crippen molar-refractivity contribution in [3.05, 3.63) is 125 Å². The highest BCUT2D eigenvalue weighted by Gasteiger charge is 2.32. The minimum absolute atomic E-state index is 0.349. The van der Waals surface area contributed by atoms with Crippen LogP contribution in [0.25, 0.3) is 0 Å². The van der Waals surface area contributed by atoms with Gasteiger partial charge in [-0.25, -0.2) is 4.98 Å². The molecular formula is C27H25BF6N2. The molecule has 0 aliphatic heterocycles. The Labute approximate surface area is 207 Å². The van der Waals surface area contributed by atoms with E-state index < -0.39 is 29.4 Å². The summed E-state index contributed by atoms with van der Waals surface area (Å²) in [6, 6.07) is 19.8. The molecule has 0 N–H and O–H groups in total. The Morgan fingerprint density at radius 1 is 0.778 bits per heavy atom. The van der Waals surface area contributed by atoms with Crippen molar-refractivity contribution in [1.82, 2.24) is 9.55 Å². The van der Waals surface area contributed by atoms with Gasteiger partial charge in [0.15, 0.2) is 0 Å². The van der Waals surface area contributed by atoms with Crippen molar-refractivity contribution in [2.24, 2.45) is 7.05 Å². The molecule has 0 aliphatic rings. The maximum Gasteiger partial charge on any atom is 0.416 e. The van der Waals surface area contributed by atoms with E-state index in [1.165, 1.54) is 29.8 Å². The van der Waals surface area contributed by atoms with Gasteiger partial charge in [-0.05, 0) is 28.8 Å². The van der Waals surface area contributed by atoms with E-state index in [9.17, 15) is 26.3 Å². The lowest BCUT2D eigenvalue weighted by Crippen LogP contribution is -2.09. The first-order chi connectivity index (χ1) is 17.0. The fourth-order valence-corrected chi connectivity index (χ4v) is 3.87. The van der Waals surface area contributed by atoms with Gasteiger partial charge >= 0.3 is 12.4 Å². The van der Waals surface area contributed by atoms with Gasteiger partial charge in [0, 0.05) is 31.8 Å². The molecular weight excluding hydrogens is 477 g/mol. The predicted octanol–water partition coefficient (Wildman–Crippen LogP) is 6.92. The molecule has 188 valence electrons. The number of aromatic nitrogens is 2. The number of hydrogen-bond acceptors (Lipinski definition) is 1. The van der Waals surface area contributed by atoms with E-state index in [2.05, 4.69) is 29.2 Å². The van der Waals surface area contributed by atoms with Crippen molar-refractivity contribution < 1.29 is 26.3 Å². The van der Waals surface area contributed by atoms with Crippen molar-refractivity contribution in [3.8, 4) is 0 Å². The lowest BCUT2D eigenvalue weighted by atomic mass is 9.80. The molecule has 1 aromatic heterocycles. The number of alkyl halides is 6. The molecule has 3 aromatic carbocycles. The molecule has 0 spiro atoms. The molecule has 4 rings (SSSR count). The van der Waals surface area contributed by atoms with Crippen molar-refractivity contribution in [2.75, 3.05) is 0 Å². The summed E-state index contributed by atoms with van der Waals surface area (Å²) >= 11 is 0. The van der Waals surface area contributed by atoms with Crippen LogP contribution in [0.2, 0.25) is 6.32 Å². The molecule has 0 saturated carbocycles. The van der Waals surface area contributed by atoms with E-state index in [0.717, 1.165) is 36.5 Å². The molecule has 4 aromatic rings. The van der Waals surface area contributed by atoms with E-state index in [1.807, 2.05) is 30.1 Å². The molecule has 0 amide bonds. The maximum atomic E-state index is 12.8. The van der Waals surface area contributed by atoms with Crippen LogP contribution in [-0.4, -0.2) is 17.4 Å². The van der Waals surface area contributed by atoms with Crippen LogP contribution < -0.4 is 0 Å². The number of rotatable bonds is 5. The van der Waals surface area contributed by atoms with Crippen LogP contribution in [0.5, 0.6) is 0 Å². The molecule has 0 fully saturated rings. The number of aryl methyl sites for hydroxylation is 1. The monoisotopic (exact) mass is 502 g/mol. The first kappa shape index (κ1) is 27.1. The van der Waals surface area contributed by atoms with Gasteiger partial charge in [-0.1, -0.05) is 73.1 Å². The van der Waals surface area contributed by atoms with Gasteiger partial charge in [-0.3, -0.25) is 0 Å². The first-order valence-corrected chi connectivity index (χ1v) is 11.3. The smallest absolute Gasteiger partial charge is 0.338 e. The highest BCUT2D eigenvalue weighted by molar-refractivity contribution is 6.09. The van der Waals surface area contributed by atoms with Crippen LogP contribution in [-0.2, 0) is 25.8 Å². The quantitative estimate of drug-likeness (QED) is 0.214. The van der Waals surface area contributed by atoms with Crippen molar-refractivity contribution >= 4 is 7.85 Å². The SMILES string of the molecule is BCC(c1cccc(C(F)(F)F)c1)c1cccc(C(F)(F)F)c1.Cn1ccnc1Cc1ccccc1. The van der Waals surface area contributed by atoms with Crippen molar-refractivity contribution in [2.45, 2.75) is 31.0 Å². The third-order valence-electron chi connectivity index (χ3n) is 5.77. The van der Waals surface area contributed by atoms with Gasteiger partial charge in [0.05, 0.1) is 11.1 Å². The zero-order chi connectivity index (χ0) is 26.3. The molecule has 0 unspecified atom stereocenters. The lowest BCUT2D eigenvalue weighted by molar-refractivity contribution is -0.138. The Morgan fingerprint density at radius 2 is 1.31 bits per heavy atom. The molecule has 9 heteroatoms. The van der Waals surface area contributed by atoms with Crippen molar-refractivity contribution in [3.63, 3.8) is 0 Å². The van der Waals surface area contributed by atoms with Gasteiger partial charge in [0.2, 0.25) is 0 Å². The summed E-state index contributed by atoms with van der Waals surface area (Å²) in [6.45, 7) is 0. The average molecular weight is 502 g/mol. The van der Waals surface area contributed by atoms with E-state index in [-0.39, 0.29) is 0 Å². The Kier molecular flexibility index (Phi) is 8.66. The molecule has 1 heterocycles. The number of halogens is 6. The van der Waals surface area contributed by atoms with Crippen LogP contribution >= 0.6 is 0 Å². The summed E-state index contributed by atoms with van der Waals surface area (Å²) in [5.41, 5.74) is 0.390. The van der Waals surface area contributed by atoms with Gasteiger partial charge in [-0.15, -0.1) is 0 Å². The van der Waals surface area contributed by atoms with E-state index in [0.29, 0.717) is 17.4 Å². The highest BCUT2D eigenvalue weighted by Crippen LogP contribution is 2.36. The second-order valence-corrected chi connectivity index (χ2v) is 8.32. The Bertz CT molecular complexity index is 1190. The van der Waals surface area contributed by atoms with Gasteiger partial charge < -0.3 is 4.57 Å². The van der Waals surface area contributed by atoms with Gasteiger partial charge in [-0.2, -0.15) is 26.3 Å². The fraction of sp³-hybridized carbons (Fsp3) is 0.222. The van der Waals surface area contributed by atoms with Crippen LogP contribution in [0.4, 0.5) is 26.3 Å². The maximum absolute atomic E-state index is 12.8. The summed E-state index contributed by atoms with van der Waals surface area (Å²) in [5.74, 6) is 0.575. The van der Waals surface area contributed by atoms with E-state index in [4.69, 9.17) is 0 Å². The number of imidazole rings is 1. The molecule has 0 bridgehead atoms. The zero-order valence-electron chi connectivity index (χ0n) is 19.8. The topological polar surface area (TPSA) is 17.8 Å². The van der Waals surface area contributed by atoms with Crippen molar-refractivity contribution in [1.29, 1.82) is 0 Å². The highest BCUT2D eigenvalue weighted by atomic mass is 19.4. The largest absolute Gasteiger partial charge is 0.416 e. The van der Waals surface area contributed by atoms with E-state index in [1.54, 1.807) is 7.85 Å². The predicted molar refractivity (Wildman–Crippen MR) is 131 cm³/mol. The van der Waals surface area contributed by atoms with Gasteiger partial charge in [0.25, 0.3) is 0 Å². The van der Waals surface area contributed by atoms with Crippen LogP contribution in [0, 0.1) is 0 Å². The average Bonchev–Trinajstić information content (AvgIpc) is 3.24. The summed E-state index contributed by atoms with van der Waals surface area (Å²) in [6.07, 6.45) is -3.87. The van der Waals surface area contributed by atoms with Crippen LogP contribution in [0.15, 0.2) is 91.3 Å². The molecule has 2 nitrogen and oxygen atoms in total. The zero-order valence-corrected chi connectivity index (χ0v) is 19.8. The van der Waals surface area contributed by atoms with Crippen LogP contribution in [0.1, 0.15) is 39.6 Å². The molecule has 36 heavy (non-hydrogen) atoms. The minimum atomic E-state index is -4.48. The number of hydrogen-bond donors (Lipinski definition) is 0. The van der Waals surface area contributed by atoms with Crippen LogP contribution in [0.3, 0.4) is 0 Å². The Hall–Kier alpha value is -3.49. The molecule has 0 atom stereocenters. The normalized spacial score (nSPS) is 11.8. The third-order valence-corrected chi connectivity index (χ3v) is 5.77. The molecule has 0 saturated heterocycles. The third kappa shape index (κ3) is 7.26. The molecule has 0 aliphatic carbocycles. The minimum Gasteiger partial charge on any atom is -0.338 e. The summed E-state index contributed by atoms with van der Waals surface area (Å²) < 4.78 is 78.9. The van der Waals surface area contributed by atoms with E-state index >= 15 is 0 Å². The second-order valence-electron chi connectivity index (χ2n) is 8.32. The lowest BCUT2D eigenvalue weighted by Gasteiger charge is -2.19. The molecule has 0 radical (unpaired) electrons. The standard InChI is InChI=1S/C16H13BF6.C11H12N2/c17-9-14(10-3-1-5-12(7-10)15(18,19)20)11-4-2-6-13(8-11)16(21,22)23;1-13-8-7-12-11(13)9-10-5-3-2-4-6-10/h1-8,14H,9,17H2;2-8H,9H2,1H3. The first-order valence-electron chi connectivity index (χ1n) is 11.3.